The lowest BCUT2D eigenvalue weighted by Crippen LogP contribution is -2.46. The van der Waals surface area contributed by atoms with Crippen molar-refractivity contribution < 1.29 is 38.0 Å². The molecule has 2 aromatic carbocycles. The number of carbonyl (C=O) groups is 4. The molecule has 0 bridgehead atoms. The van der Waals surface area contributed by atoms with Crippen LogP contribution < -0.4 is 5.32 Å². The second kappa shape index (κ2) is 12.9. The summed E-state index contributed by atoms with van der Waals surface area (Å²) >= 11 is 5.80. The van der Waals surface area contributed by atoms with Crippen LogP contribution in [0.4, 0.5) is 8.78 Å². The Morgan fingerprint density at radius 2 is 1.93 bits per heavy atom. The van der Waals surface area contributed by atoms with Gasteiger partial charge in [0, 0.05) is 59.8 Å². The molecule has 230 valence electrons. The molecule has 1 fully saturated rings. The van der Waals surface area contributed by atoms with E-state index in [4.69, 9.17) is 11.6 Å². The number of ketones is 1. The summed E-state index contributed by atoms with van der Waals surface area (Å²) in [5.41, 5.74) is 1.69. The van der Waals surface area contributed by atoms with Gasteiger partial charge in [0.05, 0.1) is 11.6 Å². The van der Waals surface area contributed by atoms with Crippen molar-refractivity contribution in [3.8, 4) is 0 Å². The maximum atomic E-state index is 14.5. The van der Waals surface area contributed by atoms with Gasteiger partial charge in [-0.25, -0.2) is 8.78 Å². The summed E-state index contributed by atoms with van der Waals surface area (Å²) < 4.78 is 30.3. The van der Waals surface area contributed by atoms with Gasteiger partial charge in [0.2, 0.25) is 11.8 Å². The predicted octanol–water partition coefficient (Wildman–Crippen LogP) is 2.68. The van der Waals surface area contributed by atoms with Crippen molar-refractivity contribution in [3.63, 3.8) is 0 Å². The van der Waals surface area contributed by atoms with E-state index in [1.54, 1.807) is 29.2 Å². The Bertz CT molecular complexity index is 1680. The minimum absolute atomic E-state index is 0.0976. The highest BCUT2D eigenvalue weighted by atomic mass is 35.5. The van der Waals surface area contributed by atoms with E-state index in [-0.39, 0.29) is 60.4 Å². The maximum absolute atomic E-state index is 14.5. The summed E-state index contributed by atoms with van der Waals surface area (Å²) in [6.07, 6.45) is 1.77. The standard InChI is InChI=1S/C30H30BClF2N4O6/c1-17(39)23-15-37(25-6-5-18(11-22(23)25)30(42)36-9-7-20(8-10-36)31(43)44)16-27(40)38-14-21(33)12-26(38)29(41)35-13-19-3-2-4-24(32)28(19)34/h2-7,11,15,21,26,43-44H,8-10,12-14,16H2,1H3,(H,35,41). The summed E-state index contributed by atoms with van der Waals surface area (Å²) in [5, 5.41) is 21.6. The molecular formula is C30H30BClF2N4O6. The second-order valence-electron chi connectivity index (χ2n) is 10.9. The number of hydrogen-bond donors (Lipinski definition) is 3. The van der Waals surface area contributed by atoms with Crippen LogP contribution in [0.2, 0.25) is 5.02 Å². The fraction of sp³-hybridized carbons (Fsp3) is 0.333. The van der Waals surface area contributed by atoms with Crippen molar-refractivity contribution >= 4 is 53.1 Å². The number of fused-ring (bicyclic) bond motifs is 1. The van der Waals surface area contributed by atoms with Crippen molar-refractivity contribution in [1.82, 2.24) is 19.7 Å². The van der Waals surface area contributed by atoms with E-state index in [2.05, 4.69) is 5.32 Å². The highest BCUT2D eigenvalue weighted by Gasteiger charge is 2.40. The molecule has 2 aliphatic rings. The third-order valence-corrected chi connectivity index (χ3v) is 8.33. The minimum Gasteiger partial charge on any atom is -0.423 e. The van der Waals surface area contributed by atoms with Crippen LogP contribution >= 0.6 is 11.6 Å². The van der Waals surface area contributed by atoms with Gasteiger partial charge in [-0.15, -0.1) is 0 Å². The number of nitrogens with zero attached hydrogens (tertiary/aromatic N) is 3. The first kappa shape index (κ1) is 31.4. The topological polar surface area (TPSA) is 132 Å². The van der Waals surface area contributed by atoms with Crippen LogP contribution in [0.15, 0.2) is 54.1 Å². The van der Waals surface area contributed by atoms with Crippen molar-refractivity contribution in [2.24, 2.45) is 0 Å². The summed E-state index contributed by atoms with van der Waals surface area (Å²) in [6.45, 7) is 1.09. The molecule has 3 N–H and O–H groups in total. The van der Waals surface area contributed by atoms with Crippen LogP contribution in [0.25, 0.3) is 10.9 Å². The van der Waals surface area contributed by atoms with Crippen LogP contribution in [0, 0.1) is 5.82 Å². The molecule has 5 rings (SSSR count). The number of Topliss-reactive ketones (excluding diaryl/α,β-unsaturated/α-hetero) is 1. The number of amides is 3. The first-order valence-electron chi connectivity index (χ1n) is 14.1. The first-order valence-corrected chi connectivity index (χ1v) is 14.4. The summed E-state index contributed by atoms with van der Waals surface area (Å²) in [5.74, 6) is -2.44. The van der Waals surface area contributed by atoms with Gasteiger partial charge in [-0.1, -0.05) is 29.8 Å². The molecule has 1 saturated heterocycles. The second-order valence-corrected chi connectivity index (χ2v) is 11.3. The third kappa shape index (κ3) is 6.40. The molecule has 2 aliphatic heterocycles. The fourth-order valence-electron chi connectivity index (χ4n) is 5.66. The fourth-order valence-corrected chi connectivity index (χ4v) is 5.85. The SMILES string of the molecule is CC(=O)c1cn(CC(=O)N2CC(F)CC2C(=O)NCc2cccc(Cl)c2F)c2ccc(C(=O)N3CC=C(B(O)O)CC3)cc12. The van der Waals surface area contributed by atoms with Gasteiger partial charge >= 0.3 is 7.12 Å². The molecule has 44 heavy (non-hydrogen) atoms. The smallest absolute Gasteiger partial charge is 0.423 e. The van der Waals surface area contributed by atoms with E-state index < -0.39 is 37.0 Å². The van der Waals surface area contributed by atoms with E-state index in [1.807, 2.05) is 0 Å². The molecule has 3 heterocycles. The van der Waals surface area contributed by atoms with E-state index in [9.17, 15) is 38.0 Å². The lowest BCUT2D eigenvalue weighted by atomic mass is 9.76. The number of aromatic nitrogens is 1. The number of alkyl halides is 1. The van der Waals surface area contributed by atoms with Gasteiger partial charge in [-0.05, 0) is 43.1 Å². The molecular weight excluding hydrogens is 597 g/mol. The van der Waals surface area contributed by atoms with Crippen molar-refractivity contribution in [2.75, 3.05) is 19.6 Å². The number of carbonyl (C=O) groups excluding carboxylic acids is 4. The highest BCUT2D eigenvalue weighted by Crippen LogP contribution is 2.27. The van der Waals surface area contributed by atoms with E-state index >= 15 is 0 Å². The number of hydrogen-bond acceptors (Lipinski definition) is 6. The number of likely N-dealkylation sites (tertiary alicyclic amines) is 1. The normalized spacial score (nSPS) is 18.4. The van der Waals surface area contributed by atoms with Gasteiger partial charge in [-0.2, -0.15) is 0 Å². The maximum Gasteiger partial charge on any atom is 0.483 e. The average molecular weight is 627 g/mol. The minimum atomic E-state index is -1.57. The molecule has 3 aromatic rings. The molecule has 0 saturated carbocycles. The molecule has 0 aliphatic carbocycles. The molecule has 14 heteroatoms. The van der Waals surface area contributed by atoms with E-state index in [0.717, 1.165) is 4.90 Å². The van der Waals surface area contributed by atoms with Crippen molar-refractivity contribution in [2.45, 2.75) is 45.1 Å². The Hall–Kier alpha value is -4.07. The van der Waals surface area contributed by atoms with Gasteiger partial charge in [0.1, 0.15) is 24.6 Å². The molecule has 10 nitrogen and oxygen atoms in total. The molecule has 2 unspecified atom stereocenters. The summed E-state index contributed by atoms with van der Waals surface area (Å²) in [4.78, 5) is 54.8. The zero-order chi connectivity index (χ0) is 31.7. The van der Waals surface area contributed by atoms with Gasteiger partial charge in [0.25, 0.3) is 5.91 Å². The van der Waals surface area contributed by atoms with Crippen LogP contribution in [0.1, 0.15) is 46.0 Å². The molecule has 3 amide bonds. The Morgan fingerprint density at radius 1 is 1.16 bits per heavy atom. The Balaban J connectivity index is 1.33. The Morgan fingerprint density at radius 3 is 2.61 bits per heavy atom. The number of rotatable bonds is 8. The summed E-state index contributed by atoms with van der Waals surface area (Å²) in [7, 11) is -1.57. The van der Waals surface area contributed by atoms with Crippen LogP contribution in [-0.4, -0.2) is 86.9 Å². The third-order valence-electron chi connectivity index (χ3n) is 8.03. The lowest BCUT2D eigenvalue weighted by Gasteiger charge is -2.26. The molecule has 0 radical (unpaired) electrons. The van der Waals surface area contributed by atoms with E-state index in [1.165, 1.54) is 35.9 Å². The molecule has 0 spiro atoms. The predicted molar refractivity (Wildman–Crippen MR) is 159 cm³/mol. The molecule has 1 aromatic heterocycles. The quantitative estimate of drug-likeness (QED) is 0.260. The Labute approximate surface area is 257 Å². The monoisotopic (exact) mass is 626 g/mol. The van der Waals surface area contributed by atoms with Gasteiger partial charge in [0.15, 0.2) is 5.78 Å². The summed E-state index contributed by atoms with van der Waals surface area (Å²) in [6, 6.07) is 8.04. The van der Waals surface area contributed by atoms with Gasteiger partial charge in [-0.3, -0.25) is 19.2 Å². The van der Waals surface area contributed by atoms with Crippen LogP contribution in [0.5, 0.6) is 0 Å². The van der Waals surface area contributed by atoms with Crippen molar-refractivity contribution in [3.05, 3.63) is 81.7 Å². The zero-order valence-corrected chi connectivity index (χ0v) is 24.6. The number of nitrogens with one attached hydrogen (secondary N) is 1. The van der Waals surface area contributed by atoms with Crippen molar-refractivity contribution in [1.29, 1.82) is 0 Å². The molecule has 2 atom stereocenters. The number of halogens is 3. The lowest BCUT2D eigenvalue weighted by molar-refractivity contribution is -0.139. The highest BCUT2D eigenvalue weighted by molar-refractivity contribution is 6.50. The first-order chi connectivity index (χ1) is 20.9. The Kier molecular flexibility index (Phi) is 9.19. The average Bonchev–Trinajstić information content (AvgIpc) is 3.57. The van der Waals surface area contributed by atoms with Crippen LogP contribution in [0.3, 0.4) is 0 Å². The number of benzene rings is 2. The zero-order valence-electron chi connectivity index (χ0n) is 23.8. The van der Waals surface area contributed by atoms with E-state index in [0.29, 0.717) is 34.9 Å². The van der Waals surface area contributed by atoms with Gasteiger partial charge < -0.3 is 29.7 Å². The van der Waals surface area contributed by atoms with Crippen LogP contribution in [-0.2, 0) is 22.7 Å². The largest absolute Gasteiger partial charge is 0.483 e.